The lowest BCUT2D eigenvalue weighted by Crippen LogP contribution is -2.47. The Kier molecular flexibility index (Phi) is 5.77. The summed E-state index contributed by atoms with van der Waals surface area (Å²) in [5.41, 5.74) is 1.63. The number of fused-ring (bicyclic) bond motifs is 1. The van der Waals surface area contributed by atoms with Crippen LogP contribution in [0.15, 0.2) is 52.1 Å². The van der Waals surface area contributed by atoms with Crippen molar-refractivity contribution in [3.63, 3.8) is 0 Å². The first-order valence-corrected chi connectivity index (χ1v) is 10.9. The van der Waals surface area contributed by atoms with E-state index >= 15 is 0 Å². The van der Waals surface area contributed by atoms with Crippen LogP contribution in [-0.2, 0) is 4.79 Å². The summed E-state index contributed by atoms with van der Waals surface area (Å²) in [6.07, 6.45) is -3.74. The zero-order valence-electron chi connectivity index (χ0n) is 18.2. The average molecular weight is 506 g/mol. The Morgan fingerprint density at radius 2 is 1.91 bits per heavy atom. The normalized spacial score (nSPS) is 18.0. The zero-order valence-corrected chi connectivity index (χ0v) is 18.9. The minimum absolute atomic E-state index is 0.0482. The largest absolute Gasteiger partial charge is 0.586 e. The number of benzene rings is 2. The summed E-state index contributed by atoms with van der Waals surface area (Å²) >= 11 is 6.02. The molecule has 0 bridgehead atoms. The Labute approximate surface area is 202 Å². The minimum Gasteiger partial charge on any atom is -0.395 e. The number of amides is 1. The van der Waals surface area contributed by atoms with Gasteiger partial charge in [0.05, 0.1) is 18.3 Å². The van der Waals surface area contributed by atoms with Gasteiger partial charge in [-0.25, -0.2) is 5.01 Å². The molecule has 5 rings (SSSR count). The topological polar surface area (TPSA) is 114 Å². The molecule has 13 heteroatoms. The minimum atomic E-state index is -3.74. The molecular weight excluding hydrogens is 488 g/mol. The van der Waals surface area contributed by atoms with Crippen molar-refractivity contribution in [2.45, 2.75) is 19.3 Å². The van der Waals surface area contributed by atoms with Gasteiger partial charge in [-0.3, -0.25) is 4.79 Å². The van der Waals surface area contributed by atoms with Crippen LogP contribution in [0.2, 0.25) is 5.02 Å². The molecule has 1 N–H and O–H groups in total. The highest BCUT2D eigenvalue weighted by Crippen LogP contribution is 2.42. The van der Waals surface area contributed by atoms with Crippen molar-refractivity contribution in [2.24, 2.45) is 5.10 Å². The highest BCUT2D eigenvalue weighted by molar-refractivity contribution is 6.30. The summed E-state index contributed by atoms with van der Waals surface area (Å²) in [7, 11) is 0. The maximum absolute atomic E-state index is 13.3. The van der Waals surface area contributed by atoms with Crippen molar-refractivity contribution in [2.75, 3.05) is 24.7 Å². The number of aliphatic hydroxyl groups is 1. The van der Waals surface area contributed by atoms with Crippen molar-refractivity contribution >= 4 is 29.2 Å². The van der Waals surface area contributed by atoms with E-state index in [2.05, 4.69) is 24.7 Å². The first-order valence-electron chi connectivity index (χ1n) is 10.5. The molecule has 35 heavy (non-hydrogen) atoms. The fraction of sp³-hybridized carbons (Fsp3) is 0.273. The van der Waals surface area contributed by atoms with Crippen LogP contribution in [0.3, 0.4) is 0 Å². The molecule has 0 saturated heterocycles. The number of likely N-dealkylation sites (N-methyl/N-ethyl adjacent to an activating group) is 1. The molecule has 10 nitrogen and oxygen atoms in total. The van der Waals surface area contributed by atoms with Crippen molar-refractivity contribution in [1.29, 1.82) is 0 Å². The van der Waals surface area contributed by atoms with Crippen molar-refractivity contribution in [3.05, 3.63) is 53.1 Å². The molecule has 0 spiro atoms. The molecule has 0 aliphatic carbocycles. The Bertz CT molecular complexity index is 1300. The van der Waals surface area contributed by atoms with Gasteiger partial charge in [-0.2, -0.15) is 10.1 Å². The van der Waals surface area contributed by atoms with Crippen LogP contribution in [0, 0.1) is 0 Å². The number of alkyl halides is 2. The summed E-state index contributed by atoms with van der Waals surface area (Å²) in [6.45, 7) is 1.69. The lowest BCUT2D eigenvalue weighted by molar-refractivity contribution is -0.286. The van der Waals surface area contributed by atoms with Gasteiger partial charge in [0.15, 0.2) is 11.5 Å². The van der Waals surface area contributed by atoms with Gasteiger partial charge in [-0.05, 0) is 42.4 Å². The number of aromatic nitrogens is 2. The van der Waals surface area contributed by atoms with E-state index in [1.807, 2.05) is 0 Å². The van der Waals surface area contributed by atoms with Crippen LogP contribution in [0.25, 0.3) is 11.5 Å². The predicted molar refractivity (Wildman–Crippen MR) is 120 cm³/mol. The number of hydrogen-bond donors (Lipinski definition) is 1. The van der Waals surface area contributed by atoms with E-state index in [0.29, 0.717) is 22.8 Å². The second-order valence-electron chi connectivity index (χ2n) is 7.66. The molecule has 0 fully saturated rings. The molecule has 2 aliphatic heterocycles. The van der Waals surface area contributed by atoms with Gasteiger partial charge >= 0.3 is 6.29 Å². The van der Waals surface area contributed by atoms with E-state index in [0.717, 1.165) is 5.56 Å². The lowest BCUT2D eigenvalue weighted by atomic mass is 10.0. The standard InChI is InChI=1S/C22H18ClF2N5O5/c1-2-29(18(32)11-31)15-10-30(27-19(15)12-3-6-14(23)7-4-12)21-26-20(35-28-21)13-5-8-16-17(9-13)34-22(24,25)33-16/h3-9,15,31H,2,10-11H2,1H3. The molecule has 2 aromatic carbocycles. The van der Waals surface area contributed by atoms with E-state index in [9.17, 15) is 18.7 Å². The van der Waals surface area contributed by atoms with Gasteiger partial charge in [0.1, 0.15) is 6.61 Å². The number of nitrogens with zero attached hydrogens (tertiary/aromatic N) is 5. The maximum atomic E-state index is 13.3. The molecule has 0 saturated carbocycles. The smallest absolute Gasteiger partial charge is 0.395 e. The second-order valence-corrected chi connectivity index (χ2v) is 8.09. The molecule has 1 amide bonds. The van der Waals surface area contributed by atoms with E-state index in [-0.39, 0.29) is 29.9 Å². The number of aliphatic hydroxyl groups excluding tert-OH is 1. The third-order valence-electron chi connectivity index (χ3n) is 5.50. The van der Waals surface area contributed by atoms with Crippen LogP contribution in [0.5, 0.6) is 11.5 Å². The Morgan fingerprint density at radius 3 is 2.63 bits per heavy atom. The quantitative estimate of drug-likeness (QED) is 0.543. The van der Waals surface area contributed by atoms with E-state index in [1.54, 1.807) is 31.2 Å². The number of rotatable bonds is 6. The first-order chi connectivity index (χ1) is 16.8. The third kappa shape index (κ3) is 4.37. The summed E-state index contributed by atoms with van der Waals surface area (Å²) in [5, 5.41) is 20.0. The number of anilines is 1. The van der Waals surface area contributed by atoms with E-state index in [4.69, 9.17) is 16.1 Å². The summed E-state index contributed by atoms with van der Waals surface area (Å²) < 4.78 is 40.9. The molecule has 1 unspecified atom stereocenters. The molecular formula is C22H18ClF2N5O5. The van der Waals surface area contributed by atoms with Gasteiger partial charge in [0.25, 0.3) is 11.8 Å². The maximum Gasteiger partial charge on any atom is 0.586 e. The van der Waals surface area contributed by atoms with Gasteiger partial charge in [-0.15, -0.1) is 8.78 Å². The SMILES string of the molecule is CCN(C(=O)CO)C1CN(c2noc(-c3ccc4c(c3)OC(F)(F)O4)n2)N=C1c1ccc(Cl)cc1. The van der Waals surface area contributed by atoms with E-state index in [1.165, 1.54) is 28.1 Å². The molecule has 3 heterocycles. The number of ether oxygens (including phenoxy) is 2. The van der Waals surface area contributed by atoms with Crippen LogP contribution in [0.4, 0.5) is 14.7 Å². The van der Waals surface area contributed by atoms with Crippen molar-refractivity contribution in [1.82, 2.24) is 15.0 Å². The number of hydrogen-bond acceptors (Lipinski definition) is 9. The summed E-state index contributed by atoms with van der Waals surface area (Å²) in [4.78, 5) is 18.2. The fourth-order valence-corrected chi connectivity index (χ4v) is 4.04. The average Bonchev–Trinajstić information content (AvgIpc) is 3.55. The molecule has 3 aromatic rings. The third-order valence-corrected chi connectivity index (χ3v) is 5.75. The number of hydrazone groups is 1. The summed E-state index contributed by atoms with van der Waals surface area (Å²) in [5.74, 6) is -0.563. The Balaban J connectivity index is 1.45. The molecule has 2 aliphatic rings. The molecule has 1 atom stereocenters. The monoisotopic (exact) mass is 505 g/mol. The van der Waals surface area contributed by atoms with Crippen LogP contribution in [0.1, 0.15) is 12.5 Å². The summed E-state index contributed by atoms with van der Waals surface area (Å²) in [6, 6.07) is 10.6. The van der Waals surface area contributed by atoms with Gasteiger partial charge < -0.3 is 24.0 Å². The fourth-order valence-electron chi connectivity index (χ4n) is 3.91. The number of halogens is 3. The van der Waals surface area contributed by atoms with Gasteiger partial charge in [0.2, 0.25) is 5.91 Å². The highest BCUT2D eigenvalue weighted by Gasteiger charge is 2.43. The number of carbonyl (C=O) groups excluding carboxylic acids is 1. The molecule has 182 valence electrons. The molecule has 0 radical (unpaired) electrons. The second kappa shape index (κ2) is 8.78. The first kappa shape index (κ1) is 23.0. The molecule has 1 aromatic heterocycles. The van der Waals surface area contributed by atoms with Crippen LogP contribution < -0.4 is 14.5 Å². The zero-order chi connectivity index (χ0) is 24.7. The predicted octanol–water partition coefficient (Wildman–Crippen LogP) is 3.15. The van der Waals surface area contributed by atoms with Crippen LogP contribution in [-0.4, -0.2) is 63.8 Å². The Hall–Kier alpha value is -3.77. The van der Waals surface area contributed by atoms with Crippen molar-refractivity contribution < 1.29 is 32.7 Å². The van der Waals surface area contributed by atoms with Gasteiger partial charge in [0, 0.05) is 22.7 Å². The van der Waals surface area contributed by atoms with E-state index < -0.39 is 24.9 Å². The Morgan fingerprint density at radius 1 is 1.20 bits per heavy atom. The van der Waals surface area contributed by atoms with Crippen LogP contribution >= 0.6 is 11.6 Å². The number of carbonyl (C=O) groups is 1. The lowest BCUT2D eigenvalue weighted by Gasteiger charge is -2.28. The van der Waals surface area contributed by atoms with Gasteiger partial charge in [-0.1, -0.05) is 23.7 Å². The van der Waals surface area contributed by atoms with Crippen molar-refractivity contribution in [3.8, 4) is 23.0 Å². The highest BCUT2D eigenvalue weighted by atomic mass is 35.5.